The standard InChI is InChI=1S/C18H27NO/c1-4-15-9-11-16(12-10-15)18(20)13-19(3)17-8-6-5-7-14(17)2/h9-12,14,17H,4-8,13H2,1-3H3. The number of carbonyl (C=O) groups is 1. The van der Waals surface area contributed by atoms with Gasteiger partial charge in [-0.1, -0.05) is 51.0 Å². The maximum atomic E-state index is 12.4. The van der Waals surface area contributed by atoms with Gasteiger partial charge in [0.1, 0.15) is 0 Å². The second-order valence-electron chi connectivity index (χ2n) is 6.22. The molecule has 0 amide bonds. The largest absolute Gasteiger partial charge is 0.296 e. The lowest BCUT2D eigenvalue weighted by atomic mass is 9.85. The van der Waals surface area contributed by atoms with E-state index in [9.17, 15) is 4.79 Å². The van der Waals surface area contributed by atoms with Crippen LogP contribution in [0.3, 0.4) is 0 Å². The highest BCUT2D eigenvalue weighted by Crippen LogP contribution is 2.27. The number of hydrogen-bond acceptors (Lipinski definition) is 2. The second-order valence-corrected chi connectivity index (χ2v) is 6.22. The van der Waals surface area contributed by atoms with Crippen LogP contribution < -0.4 is 0 Å². The number of nitrogens with zero attached hydrogens (tertiary/aromatic N) is 1. The van der Waals surface area contributed by atoms with Crippen LogP contribution in [0.15, 0.2) is 24.3 Å². The van der Waals surface area contributed by atoms with Crippen LogP contribution in [0.1, 0.15) is 55.5 Å². The van der Waals surface area contributed by atoms with E-state index in [1.165, 1.54) is 31.2 Å². The predicted molar refractivity (Wildman–Crippen MR) is 84.2 cm³/mol. The molecular weight excluding hydrogens is 246 g/mol. The number of hydrogen-bond donors (Lipinski definition) is 0. The topological polar surface area (TPSA) is 20.3 Å². The van der Waals surface area contributed by atoms with Gasteiger partial charge in [-0.05, 0) is 37.8 Å². The summed E-state index contributed by atoms with van der Waals surface area (Å²) >= 11 is 0. The summed E-state index contributed by atoms with van der Waals surface area (Å²) in [6, 6.07) is 8.65. The molecule has 1 aromatic carbocycles. The average molecular weight is 273 g/mol. The minimum Gasteiger partial charge on any atom is -0.296 e. The Bertz CT molecular complexity index is 437. The maximum Gasteiger partial charge on any atom is 0.176 e. The molecule has 1 aromatic rings. The van der Waals surface area contributed by atoms with Crippen molar-refractivity contribution in [1.82, 2.24) is 4.90 Å². The summed E-state index contributed by atoms with van der Waals surface area (Å²) in [6.07, 6.45) is 6.21. The number of likely N-dealkylation sites (N-methyl/N-ethyl adjacent to an activating group) is 1. The van der Waals surface area contributed by atoms with E-state index in [0.29, 0.717) is 18.5 Å². The monoisotopic (exact) mass is 273 g/mol. The minimum absolute atomic E-state index is 0.243. The molecule has 0 spiro atoms. The normalized spacial score (nSPS) is 23.0. The van der Waals surface area contributed by atoms with Gasteiger partial charge in [0.2, 0.25) is 0 Å². The quantitative estimate of drug-likeness (QED) is 0.757. The Labute approximate surface area is 123 Å². The lowest BCUT2D eigenvalue weighted by Crippen LogP contribution is -2.41. The highest BCUT2D eigenvalue weighted by Gasteiger charge is 2.26. The van der Waals surface area contributed by atoms with Crippen molar-refractivity contribution in [3.8, 4) is 0 Å². The summed E-state index contributed by atoms with van der Waals surface area (Å²) < 4.78 is 0. The van der Waals surface area contributed by atoms with E-state index in [0.717, 1.165) is 12.0 Å². The van der Waals surface area contributed by atoms with E-state index in [-0.39, 0.29) is 5.78 Å². The van der Waals surface area contributed by atoms with Gasteiger partial charge in [0.25, 0.3) is 0 Å². The number of aryl methyl sites for hydroxylation is 1. The molecule has 1 saturated carbocycles. The van der Waals surface area contributed by atoms with Crippen molar-refractivity contribution in [2.75, 3.05) is 13.6 Å². The lowest BCUT2D eigenvalue weighted by molar-refractivity contribution is 0.0851. The molecule has 0 heterocycles. The Morgan fingerprint density at radius 3 is 2.45 bits per heavy atom. The average Bonchev–Trinajstić information content (AvgIpc) is 2.47. The van der Waals surface area contributed by atoms with Crippen molar-refractivity contribution >= 4 is 5.78 Å². The third-order valence-electron chi connectivity index (χ3n) is 4.71. The summed E-state index contributed by atoms with van der Waals surface area (Å²) in [5, 5.41) is 0. The molecule has 0 N–H and O–H groups in total. The second kappa shape index (κ2) is 7.03. The molecule has 110 valence electrons. The van der Waals surface area contributed by atoms with Gasteiger partial charge >= 0.3 is 0 Å². The molecule has 2 heteroatoms. The Hall–Kier alpha value is -1.15. The van der Waals surface area contributed by atoms with Gasteiger partial charge in [-0.25, -0.2) is 0 Å². The van der Waals surface area contributed by atoms with Gasteiger partial charge in [0.15, 0.2) is 5.78 Å². The summed E-state index contributed by atoms with van der Waals surface area (Å²) in [4.78, 5) is 14.6. The third kappa shape index (κ3) is 3.69. The molecular formula is C18H27NO. The van der Waals surface area contributed by atoms with Crippen molar-refractivity contribution in [1.29, 1.82) is 0 Å². The first kappa shape index (κ1) is 15.2. The molecule has 1 aliphatic carbocycles. The van der Waals surface area contributed by atoms with Crippen LogP contribution in [0.25, 0.3) is 0 Å². The molecule has 1 aliphatic rings. The Morgan fingerprint density at radius 2 is 1.85 bits per heavy atom. The van der Waals surface area contributed by atoms with Gasteiger partial charge in [-0.2, -0.15) is 0 Å². The van der Waals surface area contributed by atoms with Crippen molar-refractivity contribution in [3.05, 3.63) is 35.4 Å². The zero-order valence-electron chi connectivity index (χ0n) is 13.1. The zero-order chi connectivity index (χ0) is 14.5. The van der Waals surface area contributed by atoms with Crippen molar-refractivity contribution in [2.45, 2.75) is 52.0 Å². The smallest absolute Gasteiger partial charge is 0.176 e. The van der Waals surface area contributed by atoms with E-state index in [1.807, 2.05) is 12.1 Å². The molecule has 0 aromatic heterocycles. The predicted octanol–water partition coefficient (Wildman–Crippen LogP) is 3.94. The number of Topliss-reactive ketones (excluding diaryl/α,β-unsaturated/α-hetero) is 1. The Morgan fingerprint density at radius 1 is 1.20 bits per heavy atom. The van der Waals surface area contributed by atoms with E-state index < -0.39 is 0 Å². The molecule has 2 atom stereocenters. The van der Waals surface area contributed by atoms with Crippen molar-refractivity contribution in [2.24, 2.45) is 5.92 Å². The first-order valence-corrected chi connectivity index (χ1v) is 7.94. The van der Waals surface area contributed by atoms with E-state index in [1.54, 1.807) is 0 Å². The lowest BCUT2D eigenvalue weighted by Gasteiger charge is -2.35. The highest BCUT2D eigenvalue weighted by atomic mass is 16.1. The first-order chi connectivity index (χ1) is 9.61. The van der Waals surface area contributed by atoms with Gasteiger partial charge in [0.05, 0.1) is 6.54 Å². The fourth-order valence-electron chi connectivity index (χ4n) is 3.31. The van der Waals surface area contributed by atoms with Crippen LogP contribution in [-0.2, 0) is 6.42 Å². The maximum absolute atomic E-state index is 12.4. The van der Waals surface area contributed by atoms with E-state index >= 15 is 0 Å². The number of benzene rings is 1. The molecule has 2 unspecified atom stereocenters. The van der Waals surface area contributed by atoms with Gasteiger partial charge in [-0.15, -0.1) is 0 Å². The van der Waals surface area contributed by atoms with E-state index in [2.05, 4.69) is 37.9 Å². The zero-order valence-corrected chi connectivity index (χ0v) is 13.1. The van der Waals surface area contributed by atoms with Crippen molar-refractivity contribution in [3.63, 3.8) is 0 Å². The number of carbonyl (C=O) groups excluding carboxylic acids is 1. The summed E-state index contributed by atoms with van der Waals surface area (Å²) in [5.74, 6) is 0.956. The molecule has 1 fully saturated rings. The fourth-order valence-corrected chi connectivity index (χ4v) is 3.31. The molecule has 20 heavy (non-hydrogen) atoms. The van der Waals surface area contributed by atoms with Crippen LogP contribution in [-0.4, -0.2) is 30.3 Å². The van der Waals surface area contributed by atoms with Crippen LogP contribution in [0.5, 0.6) is 0 Å². The number of ketones is 1. The van der Waals surface area contributed by atoms with Crippen LogP contribution >= 0.6 is 0 Å². The minimum atomic E-state index is 0.243. The van der Waals surface area contributed by atoms with Gasteiger partial charge in [-0.3, -0.25) is 9.69 Å². The van der Waals surface area contributed by atoms with E-state index in [4.69, 9.17) is 0 Å². The SMILES string of the molecule is CCc1ccc(C(=O)CN(C)C2CCCCC2C)cc1. The fraction of sp³-hybridized carbons (Fsp3) is 0.611. The highest BCUT2D eigenvalue weighted by molar-refractivity contribution is 5.97. The first-order valence-electron chi connectivity index (χ1n) is 7.94. The van der Waals surface area contributed by atoms with Crippen LogP contribution in [0, 0.1) is 5.92 Å². The summed E-state index contributed by atoms with van der Waals surface area (Å²) in [7, 11) is 2.10. The Kier molecular flexibility index (Phi) is 5.36. The summed E-state index contributed by atoms with van der Waals surface area (Å²) in [6.45, 7) is 5.00. The molecule has 0 aliphatic heterocycles. The molecule has 0 saturated heterocycles. The molecule has 2 nitrogen and oxygen atoms in total. The van der Waals surface area contributed by atoms with Gasteiger partial charge in [0, 0.05) is 11.6 Å². The van der Waals surface area contributed by atoms with Crippen molar-refractivity contribution < 1.29 is 4.79 Å². The molecule has 0 bridgehead atoms. The third-order valence-corrected chi connectivity index (χ3v) is 4.71. The van der Waals surface area contributed by atoms with Gasteiger partial charge < -0.3 is 0 Å². The Balaban J connectivity index is 1.95. The molecule has 2 rings (SSSR count). The van der Waals surface area contributed by atoms with Crippen LogP contribution in [0.4, 0.5) is 0 Å². The number of rotatable bonds is 5. The van der Waals surface area contributed by atoms with Crippen LogP contribution in [0.2, 0.25) is 0 Å². The summed E-state index contributed by atoms with van der Waals surface area (Å²) in [5.41, 5.74) is 2.13. The molecule has 0 radical (unpaired) electrons.